The van der Waals surface area contributed by atoms with Crippen LogP contribution in [0.4, 0.5) is 0 Å². The number of hydrogen-bond donors (Lipinski definition) is 0. The van der Waals surface area contributed by atoms with Crippen LogP contribution >= 0.6 is 11.8 Å². The SMILES string of the molecule is CC1CCC2(CC1)CC1(OCCO1)C(C)S2. The molecule has 3 aliphatic rings. The lowest BCUT2D eigenvalue weighted by atomic mass is 9.79. The standard InChI is InChI=1S/C13H22O2S/c1-10-3-5-12(6-4-10)9-13(11(2)16-12)14-7-8-15-13/h10-11H,3-9H2,1-2H3. The first-order chi connectivity index (χ1) is 7.64. The third-order valence-electron chi connectivity index (χ3n) is 4.58. The van der Waals surface area contributed by atoms with Crippen molar-refractivity contribution in [2.45, 2.75) is 61.7 Å². The van der Waals surface area contributed by atoms with Crippen LogP contribution in [0, 0.1) is 5.92 Å². The molecule has 0 aromatic heterocycles. The molecule has 0 aromatic carbocycles. The Balaban J connectivity index is 1.75. The minimum absolute atomic E-state index is 0.231. The normalized spacial score (nSPS) is 46.9. The molecule has 2 heterocycles. The molecule has 3 heteroatoms. The van der Waals surface area contributed by atoms with Crippen molar-refractivity contribution in [2.24, 2.45) is 5.92 Å². The first-order valence-corrected chi connectivity index (χ1v) is 7.48. The molecule has 0 N–H and O–H groups in total. The Kier molecular flexibility index (Phi) is 2.76. The number of ether oxygens (including phenoxy) is 2. The highest BCUT2D eigenvalue weighted by atomic mass is 32.2. The van der Waals surface area contributed by atoms with Crippen LogP contribution in [0.5, 0.6) is 0 Å². The fourth-order valence-corrected chi connectivity index (χ4v) is 5.39. The van der Waals surface area contributed by atoms with Crippen molar-refractivity contribution >= 4 is 11.8 Å². The third-order valence-corrected chi connectivity index (χ3v) is 6.34. The Morgan fingerprint density at radius 2 is 1.69 bits per heavy atom. The summed E-state index contributed by atoms with van der Waals surface area (Å²) >= 11 is 2.14. The molecule has 0 amide bonds. The van der Waals surface area contributed by atoms with E-state index in [1.165, 1.54) is 25.7 Å². The lowest BCUT2D eigenvalue weighted by Gasteiger charge is -2.36. The van der Waals surface area contributed by atoms with E-state index in [0.29, 0.717) is 10.00 Å². The summed E-state index contributed by atoms with van der Waals surface area (Å²) in [5.41, 5.74) is 0. The van der Waals surface area contributed by atoms with E-state index in [-0.39, 0.29) is 5.79 Å². The minimum atomic E-state index is -0.231. The molecular weight excluding hydrogens is 220 g/mol. The maximum absolute atomic E-state index is 5.92. The van der Waals surface area contributed by atoms with E-state index in [2.05, 4.69) is 25.6 Å². The zero-order valence-electron chi connectivity index (χ0n) is 10.3. The third kappa shape index (κ3) is 1.72. The second kappa shape index (κ2) is 3.89. The summed E-state index contributed by atoms with van der Waals surface area (Å²) in [7, 11) is 0. The Bertz CT molecular complexity index is 265. The van der Waals surface area contributed by atoms with Gasteiger partial charge in [0.05, 0.1) is 18.5 Å². The molecular formula is C13H22O2S. The monoisotopic (exact) mass is 242 g/mol. The van der Waals surface area contributed by atoms with Gasteiger partial charge in [0.15, 0.2) is 5.79 Å². The first-order valence-electron chi connectivity index (χ1n) is 6.60. The maximum Gasteiger partial charge on any atom is 0.181 e. The first kappa shape index (κ1) is 11.4. The molecule has 2 nitrogen and oxygen atoms in total. The molecule has 1 atom stereocenters. The predicted molar refractivity (Wildman–Crippen MR) is 66.7 cm³/mol. The van der Waals surface area contributed by atoms with Crippen LogP contribution in [-0.2, 0) is 9.47 Å². The van der Waals surface area contributed by atoms with Crippen molar-refractivity contribution in [1.29, 1.82) is 0 Å². The van der Waals surface area contributed by atoms with Gasteiger partial charge in [0.1, 0.15) is 0 Å². The Labute approximate surface area is 102 Å². The van der Waals surface area contributed by atoms with Crippen molar-refractivity contribution in [3.63, 3.8) is 0 Å². The van der Waals surface area contributed by atoms with Gasteiger partial charge in [-0.2, -0.15) is 0 Å². The predicted octanol–water partition coefficient (Wildman–Crippen LogP) is 3.20. The van der Waals surface area contributed by atoms with Crippen LogP contribution in [0.1, 0.15) is 46.0 Å². The molecule has 92 valence electrons. The highest BCUT2D eigenvalue weighted by Gasteiger charge is 2.57. The summed E-state index contributed by atoms with van der Waals surface area (Å²) in [5.74, 6) is 0.689. The number of thioether (sulfide) groups is 1. The smallest absolute Gasteiger partial charge is 0.181 e. The zero-order chi connectivity index (χ0) is 11.2. The fraction of sp³-hybridized carbons (Fsp3) is 1.00. The molecule has 0 radical (unpaired) electrons. The lowest BCUT2D eigenvalue weighted by molar-refractivity contribution is -0.158. The van der Waals surface area contributed by atoms with E-state index >= 15 is 0 Å². The van der Waals surface area contributed by atoms with Crippen LogP contribution in [0.3, 0.4) is 0 Å². The minimum Gasteiger partial charge on any atom is -0.346 e. The highest BCUT2D eigenvalue weighted by molar-refractivity contribution is 8.01. The van der Waals surface area contributed by atoms with Crippen molar-refractivity contribution in [3.05, 3.63) is 0 Å². The van der Waals surface area contributed by atoms with Gasteiger partial charge in [-0.1, -0.05) is 6.92 Å². The molecule has 0 bridgehead atoms. The van der Waals surface area contributed by atoms with E-state index in [1.54, 1.807) is 0 Å². The van der Waals surface area contributed by atoms with E-state index in [9.17, 15) is 0 Å². The van der Waals surface area contributed by atoms with Gasteiger partial charge >= 0.3 is 0 Å². The van der Waals surface area contributed by atoms with E-state index in [4.69, 9.17) is 9.47 Å². The molecule has 1 saturated carbocycles. The summed E-state index contributed by atoms with van der Waals surface area (Å²) in [6.45, 7) is 6.24. The van der Waals surface area contributed by atoms with Gasteiger partial charge in [-0.3, -0.25) is 0 Å². The second-order valence-electron chi connectivity index (χ2n) is 5.81. The van der Waals surface area contributed by atoms with Crippen LogP contribution in [0.15, 0.2) is 0 Å². The molecule has 16 heavy (non-hydrogen) atoms. The summed E-state index contributed by atoms with van der Waals surface area (Å²) < 4.78 is 12.3. The average molecular weight is 242 g/mol. The van der Waals surface area contributed by atoms with E-state index < -0.39 is 0 Å². The van der Waals surface area contributed by atoms with Gasteiger partial charge in [0.2, 0.25) is 0 Å². The molecule has 2 aliphatic heterocycles. The number of hydrogen-bond acceptors (Lipinski definition) is 3. The largest absolute Gasteiger partial charge is 0.346 e. The van der Waals surface area contributed by atoms with E-state index in [0.717, 1.165) is 25.6 Å². The molecule has 1 aliphatic carbocycles. The van der Waals surface area contributed by atoms with Gasteiger partial charge in [0.25, 0.3) is 0 Å². The van der Waals surface area contributed by atoms with Crippen molar-refractivity contribution < 1.29 is 9.47 Å². The Hall–Kier alpha value is 0.270. The highest BCUT2D eigenvalue weighted by Crippen LogP contribution is 2.58. The van der Waals surface area contributed by atoms with Crippen LogP contribution in [0.25, 0.3) is 0 Å². The topological polar surface area (TPSA) is 18.5 Å². The van der Waals surface area contributed by atoms with Crippen molar-refractivity contribution in [2.75, 3.05) is 13.2 Å². The van der Waals surface area contributed by atoms with Crippen LogP contribution in [0.2, 0.25) is 0 Å². The van der Waals surface area contributed by atoms with E-state index in [1.807, 2.05) is 0 Å². The molecule has 2 spiro atoms. The number of rotatable bonds is 0. The van der Waals surface area contributed by atoms with Gasteiger partial charge in [-0.05, 0) is 38.5 Å². The molecule has 1 unspecified atom stereocenters. The summed E-state index contributed by atoms with van der Waals surface area (Å²) in [6, 6.07) is 0. The summed E-state index contributed by atoms with van der Waals surface area (Å²) in [4.78, 5) is 0. The lowest BCUT2D eigenvalue weighted by Crippen LogP contribution is -2.38. The average Bonchev–Trinajstić information content (AvgIpc) is 2.81. The molecule has 3 fully saturated rings. The fourth-order valence-electron chi connectivity index (χ4n) is 3.49. The Morgan fingerprint density at radius 3 is 2.31 bits per heavy atom. The second-order valence-corrected chi connectivity index (χ2v) is 7.62. The summed E-state index contributed by atoms with van der Waals surface area (Å²) in [5, 5.41) is 0.503. The summed E-state index contributed by atoms with van der Waals surface area (Å²) in [6.07, 6.45) is 6.61. The van der Waals surface area contributed by atoms with Crippen molar-refractivity contribution in [1.82, 2.24) is 0 Å². The Morgan fingerprint density at radius 1 is 1.06 bits per heavy atom. The van der Waals surface area contributed by atoms with Gasteiger partial charge < -0.3 is 9.47 Å². The van der Waals surface area contributed by atoms with Crippen LogP contribution < -0.4 is 0 Å². The quantitative estimate of drug-likeness (QED) is 0.650. The maximum atomic E-state index is 5.92. The molecule has 0 aromatic rings. The zero-order valence-corrected chi connectivity index (χ0v) is 11.1. The van der Waals surface area contributed by atoms with Gasteiger partial charge in [0, 0.05) is 11.2 Å². The van der Waals surface area contributed by atoms with Gasteiger partial charge in [-0.25, -0.2) is 0 Å². The molecule has 2 saturated heterocycles. The van der Waals surface area contributed by atoms with Crippen molar-refractivity contribution in [3.8, 4) is 0 Å². The molecule has 3 rings (SSSR count). The van der Waals surface area contributed by atoms with Crippen LogP contribution in [-0.4, -0.2) is 29.0 Å². The van der Waals surface area contributed by atoms with Gasteiger partial charge in [-0.15, -0.1) is 11.8 Å².